The van der Waals surface area contributed by atoms with Gasteiger partial charge in [0.05, 0.1) is 11.7 Å². The molecule has 2 aromatic rings. The first-order chi connectivity index (χ1) is 10.2. The Labute approximate surface area is 129 Å². The normalized spacial score (nSPS) is 17.5. The zero-order chi connectivity index (χ0) is 14.8. The molecule has 3 N–H and O–H groups in total. The maximum absolute atomic E-state index is 12.6. The van der Waals surface area contributed by atoms with Crippen LogP contribution in [0.3, 0.4) is 0 Å². The van der Waals surface area contributed by atoms with Crippen molar-refractivity contribution in [2.75, 3.05) is 5.73 Å². The number of amides is 1. The smallest absolute Gasteiger partial charge is 0.268 e. The molecule has 112 valence electrons. The Morgan fingerprint density at radius 1 is 1.57 bits per heavy atom. The predicted octanol–water partition coefficient (Wildman–Crippen LogP) is 3.35. The maximum atomic E-state index is 12.6. The molecule has 1 aliphatic rings. The van der Waals surface area contributed by atoms with Crippen LogP contribution in [0.15, 0.2) is 23.7 Å². The third-order valence-corrected chi connectivity index (χ3v) is 4.97. The van der Waals surface area contributed by atoms with Crippen molar-refractivity contribution in [3.05, 3.63) is 39.8 Å². The van der Waals surface area contributed by atoms with Crippen LogP contribution < -0.4 is 11.1 Å². The SMILES string of the molecule is CCCn1cc(N)cc1C(=O)NC1CCCc2sccc21. The molecule has 0 bridgehead atoms. The molecule has 0 saturated heterocycles. The molecule has 2 heterocycles. The largest absolute Gasteiger partial charge is 0.397 e. The van der Waals surface area contributed by atoms with Crippen molar-refractivity contribution in [3.8, 4) is 0 Å². The van der Waals surface area contributed by atoms with Gasteiger partial charge in [0.2, 0.25) is 0 Å². The molecule has 0 saturated carbocycles. The van der Waals surface area contributed by atoms with Crippen LogP contribution in [0, 0.1) is 0 Å². The molecule has 5 heteroatoms. The number of hydrogen-bond acceptors (Lipinski definition) is 3. The monoisotopic (exact) mass is 303 g/mol. The summed E-state index contributed by atoms with van der Waals surface area (Å²) in [6, 6.07) is 4.05. The summed E-state index contributed by atoms with van der Waals surface area (Å²) >= 11 is 1.79. The average molecular weight is 303 g/mol. The number of thiophene rings is 1. The second-order valence-corrected chi connectivity index (χ2v) is 6.57. The highest BCUT2D eigenvalue weighted by atomic mass is 32.1. The van der Waals surface area contributed by atoms with Crippen LogP contribution in [0.5, 0.6) is 0 Å². The van der Waals surface area contributed by atoms with Gasteiger partial charge >= 0.3 is 0 Å². The summed E-state index contributed by atoms with van der Waals surface area (Å²) in [5.74, 6) is -0.0239. The Morgan fingerprint density at radius 3 is 3.24 bits per heavy atom. The lowest BCUT2D eigenvalue weighted by molar-refractivity contribution is 0.0923. The molecule has 4 nitrogen and oxygen atoms in total. The van der Waals surface area contributed by atoms with Gasteiger partial charge in [-0.05, 0) is 48.8 Å². The van der Waals surface area contributed by atoms with E-state index in [1.165, 1.54) is 10.4 Å². The highest BCUT2D eigenvalue weighted by molar-refractivity contribution is 7.10. The number of hydrogen-bond donors (Lipinski definition) is 2. The first kappa shape index (κ1) is 14.2. The van der Waals surface area contributed by atoms with E-state index in [9.17, 15) is 4.79 Å². The summed E-state index contributed by atoms with van der Waals surface area (Å²) in [6.07, 6.45) is 6.11. The van der Waals surface area contributed by atoms with Gasteiger partial charge in [0.15, 0.2) is 0 Å². The number of carbonyl (C=O) groups excluding carboxylic acids is 1. The van der Waals surface area contributed by atoms with E-state index < -0.39 is 0 Å². The number of aromatic nitrogens is 1. The summed E-state index contributed by atoms with van der Waals surface area (Å²) < 4.78 is 1.95. The van der Waals surface area contributed by atoms with Crippen molar-refractivity contribution >= 4 is 22.9 Å². The predicted molar refractivity (Wildman–Crippen MR) is 86.6 cm³/mol. The van der Waals surface area contributed by atoms with E-state index in [-0.39, 0.29) is 11.9 Å². The number of nitrogens with zero attached hydrogens (tertiary/aromatic N) is 1. The third kappa shape index (κ3) is 2.83. The minimum atomic E-state index is -0.0239. The molecule has 1 aliphatic carbocycles. The Bertz CT molecular complexity index is 644. The first-order valence-electron chi connectivity index (χ1n) is 7.51. The van der Waals surface area contributed by atoms with Gasteiger partial charge in [-0.25, -0.2) is 0 Å². The van der Waals surface area contributed by atoms with Crippen LogP contribution in [0.1, 0.15) is 53.2 Å². The Balaban J connectivity index is 1.79. The standard InChI is InChI=1S/C16H21N3OS/c1-2-7-19-10-11(17)9-14(19)16(20)18-13-4-3-5-15-12(13)6-8-21-15/h6,8-10,13H,2-5,7,17H2,1H3,(H,18,20). The lowest BCUT2D eigenvalue weighted by atomic mass is 9.94. The topological polar surface area (TPSA) is 60.0 Å². The van der Waals surface area contributed by atoms with E-state index >= 15 is 0 Å². The molecule has 2 aromatic heterocycles. The number of fused-ring (bicyclic) bond motifs is 1. The summed E-state index contributed by atoms with van der Waals surface area (Å²) in [5, 5.41) is 5.30. The minimum absolute atomic E-state index is 0.0239. The summed E-state index contributed by atoms with van der Waals surface area (Å²) in [7, 11) is 0. The van der Waals surface area contributed by atoms with E-state index in [2.05, 4.69) is 23.7 Å². The first-order valence-corrected chi connectivity index (χ1v) is 8.39. The van der Waals surface area contributed by atoms with Gasteiger partial charge < -0.3 is 15.6 Å². The lowest BCUT2D eigenvalue weighted by Crippen LogP contribution is -2.31. The molecule has 1 unspecified atom stereocenters. The third-order valence-electron chi connectivity index (χ3n) is 3.97. The molecule has 21 heavy (non-hydrogen) atoms. The second kappa shape index (κ2) is 5.93. The molecule has 0 radical (unpaired) electrons. The quantitative estimate of drug-likeness (QED) is 0.910. The molecule has 1 amide bonds. The molecule has 0 aliphatic heterocycles. The molecular weight excluding hydrogens is 282 g/mol. The number of nitrogens with two attached hydrogens (primary N) is 1. The molecule has 0 fully saturated rings. The van der Waals surface area contributed by atoms with Crippen molar-refractivity contribution in [2.24, 2.45) is 0 Å². The van der Waals surface area contributed by atoms with Crippen molar-refractivity contribution in [1.82, 2.24) is 9.88 Å². The fraction of sp³-hybridized carbons (Fsp3) is 0.438. The Morgan fingerprint density at radius 2 is 2.43 bits per heavy atom. The Hall–Kier alpha value is -1.75. The summed E-state index contributed by atoms with van der Waals surface area (Å²) in [6.45, 7) is 2.91. The van der Waals surface area contributed by atoms with Crippen molar-refractivity contribution < 1.29 is 4.79 Å². The Kier molecular flexibility index (Phi) is 4.01. The van der Waals surface area contributed by atoms with Crippen molar-refractivity contribution in [2.45, 2.75) is 45.2 Å². The van der Waals surface area contributed by atoms with Crippen LogP contribution in [-0.4, -0.2) is 10.5 Å². The van der Waals surface area contributed by atoms with Gasteiger partial charge in [0, 0.05) is 17.6 Å². The number of nitrogens with one attached hydrogen (secondary N) is 1. The molecule has 0 spiro atoms. The van der Waals surface area contributed by atoms with E-state index in [4.69, 9.17) is 5.73 Å². The van der Waals surface area contributed by atoms with Crippen molar-refractivity contribution in [3.63, 3.8) is 0 Å². The zero-order valence-corrected chi connectivity index (χ0v) is 13.1. The molecular formula is C16H21N3OS. The van der Waals surface area contributed by atoms with E-state index in [0.29, 0.717) is 11.4 Å². The van der Waals surface area contributed by atoms with Gasteiger partial charge in [0.25, 0.3) is 5.91 Å². The van der Waals surface area contributed by atoms with Gasteiger partial charge in [-0.3, -0.25) is 4.79 Å². The second-order valence-electron chi connectivity index (χ2n) is 5.57. The van der Waals surface area contributed by atoms with Crippen molar-refractivity contribution in [1.29, 1.82) is 0 Å². The van der Waals surface area contributed by atoms with E-state index in [1.54, 1.807) is 17.4 Å². The fourth-order valence-corrected chi connectivity index (χ4v) is 4.01. The van der Waals surface area contributed by atoms with Crippen LogP contribution in [0.2, 0.25) is 0 Å². The number of rotatable bonds is 4. The number of nitrogen functional groups attached to an aromatic ring is 1. The zero-order valence-electron chi connectivity index (χ0n) is 12.3. The number of aryl methyl sites for hydroxylation is 2. The molecule has 1 atom stereocenters. The highest BCUT2D eigenvalue weighted by Crippen LogP contribution is 2.33. The summed E-state index contributed by atoms with van der Waals surface area (Å²) in [4.78, 5) is 14.0. The van der Waals surface area contributed by atoms with Crippen LogP contribution in [-0.2, 0) is 13.0 Å². The minimum Gasteiger partial charge on any atom is -0.397 e. The number of anilines is 1. The molecule has 0 aromatic carbocycles. The lowest BCUT2D eigenvalue weighted by Gasteiger charge is -2.24. The highest BCUT2D eigenvalue weighted by Gasteiger charge is 2.24. The van der Waals surface area contributed by atoms with Gasteiger partial charge in [-0.2, -0.15) is 0 Å². The summed E-state index contributed by atoms with van der Waals surface area (Å²) in [5.41, 5.74) is 8.44. The van der Waals surface area contributed by atoms with Gasteiger partial charge in [0.1, 0.15) is 5.69 Å². The van der Waals surface area contributed by atoms with E-state index in [1.807, 2.05) is 10.8 Å². The fourth-order valence-electron chi connectivity index (χ4n) is 3.02. The average Bonchev–Trinajstić information content (AvgIpc) is 3.06. The number of carbonyl (C=O) groups is 1. The maximum Gasteiger partial charge on any atom is 0.268 e. The van der Waals surface area contributed by atoms with Crippen LogP contribution in [0.25, 0.3) is 0 Å². The van der Waals surface area contributed by atoms with Crippen LogP contribution >= 0.6 is 11.3 Å². The van der Waals surface area contributed by atoms with E-state index in [0.717, 1.165) is 32.2 Å². The van der Waals surface area contributed by atoms with Gasteiger partial charge in [-0.1, -0.05) is 6.92 Å². The van der Waals surface area contributed by atoms with Gasteiger partial charge in [-0.15, -0.1) is 11.3 Å². The molecule has 3 rings (SSSR count). The van der Waals surface area contributed by atoms with Crippen LogP contribution in [0.4, 0.5) is 5.69 Å².